The Morgan fingerprint density at radius 2 is 1.74 bits per heavy atom. The fourth-order valence-corrected chi connectivity index (χ4v) is 16.3. The zero-order valence-electron chi connectivity index (χ0n) is 40.1. The molecule has 2 bridgehead atoms. The van der Waals surface area contributed by atoms with Crippen LogP contribution in [0.1, 0.15) is 86.1 Å². The number of aromatic hydroxyl groups is 1. The maximum atomic E-state index is 12.5. The number of fused-ring (bicyclic) bond motifs is 6. The highest BCUT2D eigenvalue weighted by atomic mass is 33.1. The summed E-state index contributed by atoms with van der Waals surface area (Å²) in [6.07, 6.45) is 11.1. The first-order valence-corrected chi connectivity index (χ1v) is 28.2. The minimum absolute atomic E-state index is 0.0311. The maximum Gasteiger partial charge on any atom is 0.161 e. The molecule has 1 saturated heterocycles. The summed E-state index contributed by atoms with van der Waals surface area (Å²) in [5.74, 6) is 7.36. The van der Waals surface area contributed by atoms with Crippen LogP contribution in [0.3, 0.4) is 0 Å². The van der Waals surface area contributed by atoms with Crippen molar-refractivity contribution in [3.8, 4) is 23.3 Å². The van der Waals surface area contributed by atoms with Gasteiger partial charge in [0.2, 0.25) is 0 Å². The van der Waals surface area contributed by atoms with Gasteiger partial charge in [-0.05, 0) is 128 Å². The number of H-pyrrole nitrogens is 1. The highest BCUT2D eigenvalue weighted by molar-refractivity contribution is 8.76. The number of nitrogens with two attached hydrogens (primary N) is 1. The summed E-state index contributed by atoms with van der Waals surface area (Å²) in [4.78, 5) is 3.36. The summed E-state index contributed by atoms with van der Waals surface area (Å²) in [6, 6.07) is 18.2. The molecule has 10 rings (SSSR count). The van der Waals surface area contributed by atoms with Crippen molar-refractivity contribution in [1.29, 1.82) is 0 Å². The molecule has 2 aromatic carbocycles. The van der Waals surface area contributed by atoms with Gasteiger partial charge in [0.15, 0.2) is 11.5 Å². The van der Waals surface area contributed by atoms with E-state index in [0.717, 1.165) is 46.4 Å². The number of aromatic nitrogens is 1. The van der Waals surface area contributed by atoms with E-state index in [4.69, 9.17) is 10.5 Å². The number of phenolic OH excluding ortho intramolecular Hbond substituents is 1. The number of hydrogen-bond acceptors (Lipinski definition) is 12. The van der Waals surface area contributed by atoms with Crippen LogP contribution in [0.15, 0.2) is 108 Å². The van der Waals surface area contributed by atoms with Gasteiger partial charge in [0.05, 0.1) is 24.4 Å². The Bertz CT molecular complexity index is 2520. The van der Waals surface area contributed by atoms with Crippen molar-refractivity contribution in [1.82, 2.24) is 10.3 Å². The van der Waals surface area contributed by atoms with Gasteiger partial charge in [0.1, 0.15) is 11.9 Å². The van der Waals surface area contributed by atoms with E-state index in [0.29, 0.717) is 68.8 Å². The molecule has 16 unspecified atom stereocenters. The zero-order chi connectivity index (χ0) is 48.7. The zero-order valence-corrected chi connectivity index (χ0v) is 41.7. The Morgan fingerprint density at radius 1 is 0.914 bits per heavy atom. The third-order valence-electron chi connectivity index (χ3n) is 17.5. The van der Waals surface area contributed by atoms with E-state index in [1.54, 1.807) is 27.7 Å². The first-order valence-electron chi connectivity index (χ1n) is 25.7. The van der Waals surface area contributed by atoms with Crippen LogP contribution in [-0.4, -0.2) is 103 Å². The predicted octanol–water partition coefficient (Wildman–Crippen LogP) is 6.86. The van der Waals surface area contributed by atoms with Crippen LogP contribution < -0.4 is 15.8 Å². The minimum Gasteiger partial charge on any atom is -0.504 e. The molecular weight excluding hydrogens is 919 g/mol. The second-order valence-electron chi connectivity index (χ2n) is 21.3. The smallest absolute Gasteiger partial charge is 0.161 e. The number of benzene rings is 2. The summed E-state index contributed by atoms with van der Waals surface area (Å²) >= 11 is 0. The molecule has 5 aliphatic carbocycles. The summed E-state index contributed by atoms with van der Waals surface area (Å²) < 4.78 is 6.93. The Morgan fingerprint density at radius 3 is 2.51 bits per heavy atom. The fraction of sp³-hybridized carbons (Fsp3) is 0.544. The van der Waals surface area contributed by atoms with Crippen LogP contribution in [0.5, 0.6) is 11.5 Å². The standard InChI is InChI=1S/C57H71N3O8S2/c1-2-32-19-36-23-50(65)52(68-53-24-37(21-40-9-6-17-59-40)41-15-18-60-56(58)45(41)31-70-69-30-39(28-61)55(53)67)26-43(36)44-25-51(66)54-35(22-42(32)44)14-16-57-27-38(33-7-4-3-5-8-33)20-34(47(57)29-62)10-11-46(57)48(63)12-13-49(54)64/h3-11,15,17,22-23,26,32,34-35,37-39,44,46-49,51,53-55,59-67H,2,12-13,18-21,24-25,27-31,58H2,1H3. The first kappa shape index (κ1) is 49.5. The van der Waals surface area contributed by atoms with Crippen LogP contribution in [0.4, 0.5) is 0 Å². The molecule has 70 heavy (non-hydrogen) atoms. The number of ether oxygens (including phenoxy) is 1. The van der Waals surface area contributed by atoms with Gasteiger partial charge >= 0.3 is 0 Å². The van der Waals surface area contributed by atoms with Crippen molar-refractivity contribution >= 4 is 21.6 Å². The van der Waals surface area contributed by atoms with Crippen LogP contribution in [0.25, 0.3) is 0 Å². The number of nitrogens with one attached hydrogen (secondary N) is 2. The molecule has 374 valence electrons. The van der Waals surface area contributed by atoms with E-state index >= 15 is 0 Å². The van der Waals surface area contributed by atoms with Gasteiger partial charge in [-0.1, -0.05) is 101 Å². The molecule has 16 atom stereocenters. The van der Waals surface area contributed by atoms with E-state index in [-0.39, 0.29) is 66.1 Å². The average Bonchev–Trinajstić information content (AvgIpc) is 3.82. The number of rotatable bonds is 8. The molecule has 1 saturated carbocycles. The highest BCUT2D eigenvalue weighted by Crippen LogP contribution is 2.59. The molecular formula is C57H71N3O8S2. The first-order chi connectivity index (χ1) is 34.0. The lowest BCUT2D eigenvalue weighted by atomic mass is 9.49. The lowest BCUT2D eigenvalue weighted by Crippen LogP contribution is -2.52. The molecule has 11 N–H and O–H groups in total. The van der Waals surface area contributed by atoms with Gasteiger partial charge < -0.3 is 56.5 Å². The van der Waals surface area contributed by atoms with Crippen molar-refractivity contribution in [2.24, 2.45) is 58.5 Å². The molecule has 3 aromatic rings. The maximum absolute atomic E-state index is 12.5. The molecule has 3 heterocycles. The second kappa shape index (κ2) is 21.2. The Balaban J connectivity index is 1.03. The number of aliphatic hydroxyl groups excluding tert-OH is 6. The lowest BCUT2D eigenvalue weighted by molar-refractivity contribution is -0.0518. The quantitative estimate of drug-likeness (QED) is 0.0639. The monoisotopic (exact) mass is 989 g/mol. The fourth-order valence-electron chi connectivity index (χ4n) is 13.8. The average molecular weight is 990 g/mol. The number of dihydropyridines is 1. The van der Waals surface area contributed by atoms with E-state index in [1.807, 2.05) is 24.4 Å². The van der Waals surface area contributed by atoms with Crippen LogP contribution in [-0.2, 0) is 12.8 Å². The number of phenols is 1. The topological polar surface area (TPSA) is 205 Å². The summed E-state index contributed by atoms with van der Waals surface area (Å²) in [6.45, 7) is 2.46. The molecule has 2 aliphatic heterocycles. The Hall–Kier alpha value is -4.10. The van der Waals surface area contributed by atoms with E-state index in [2.05, 4.69) is 83.7 Å². The largest absolute Gasteiger partial charge is 0.504 e. The summed E-state index contributed by atoms with van der Waals surface area (Å²) in [5.41, 5.74) is 13.4. The van der Waals surface area contributed by atoms with E-state index in [1.165, 1.54) is 5.56 Å². The van der Waals surface area contributed by atoms with Crippen molar-refractivity contribution in [2.45, 2.75) is 107 Å². The molecule has 1 spiro atoms. The van der Waals surface area contributed by atoms with Crippen molar-refractivity contribution in [3.63, 3.8) is 0 Å². The summed E-state index contributed by atoms with van der Waals surface area (Å²) in [7, 11) is 3.24. The normalized spacial score (nSPS) is 37.4. The van der Waals surface area contributed by atoms with Gasteiger partial charge in [0.25, 0.3) is 0 Å². The van der Waals surface area contributed by atoms with Crippen molar-refractivity contribution < 1.29 is 40.5 Å². The minimum atomic E-state index is -1.07. The van der Waals surface area contributed by atoms with Gasteiger partial charge in [-0.15, -0.1) is 0 Å². The van der Waals surface area contributed by atoms with Gasteiger partial charge in [-0.3, -0.25) is 0 Å². The number of allylic oxidation sites excluding steroid dienone is 4. The second-order valence-corrected chi connectivity index (χ2v) is 23.8. The lowest BCUT2D eigenvalue weighted by Gasteiger charge is -2.54. The molecule has 0 radical (unpaired) electrons. The van der Waals surface area contributed by atoms with Gasteiger partial charge in [-0.2, -0.15) is 0 Å². The summed E-state index contributed by atoms with van der Waals surface area (Å²) in [5, 5.41) is 86.0. The Labute approximate surface area is 420 Å². The van der Waals surface area contributed by atoms with Crippen LogP contribution in [0.2, 0.25) is 0 Å². The van der Waals surface area contributed by atoms with E-state index in [9.17, 15) is 35.7 Å². The van der Waals surface area contributed by atoms with Gasteiger partial charge in [-0.25, -0.2) is 0 Å². The number of aliphatic hydroxyl groups is 6. The van der Waals surface area contributed by atoms with Gasteiger partial charge in [0, 0.05) is 89.7 Å². The molecule has 2 fully saturated rings. The number of aromatic amines is 1. The number of hydrogen-bond donors (Lipinski definition) is 10. The third kappa shape index (κ3) is 9.53. The SMILES string of the molecule is CCC1Cc2cc(O)c(OC3CC(Cc4ccc[nH]4)C4=CCNC(N)=C4CSSCC(CO)C3O)cc2C2CC(O)C3C(C#CC45CC(c6ccccc6)CC(C=CC4C(O)CCC3O)C5CO)C=C12. The third-order valence-corrected chi connectivity index (χ3v) is 19.9. The molecule has 13 heteroatoms. The van der Waals surface area contributed by atoms with Crippen molar-refractivity contribution in [3.05, 3.63) is 130 Å². The molecule has 11 nitrogen and oxygen atoms in total. The van der Waals surface area contributed by atoms with E-state index < -0.39 is 53.7 Å². The predicted molar refractivity (Wildman–Crippen MR) is 276 cm³/mol. The molecule has 7 aliphatic rings. The van der Waals surface area contributed by atoms with Crippen LogP contribution in [0, 0.1) is 64.6 Å². The van der Waals surface area contributed by atoms with Crippen LogP contribution >= 0.6 is 21.6 Å². The highest BCUT2D eigenvalue weighted by Gasteiger charge is 2.55. The molecule has 0 amide bonds. The van der Waals surface area contributed by atoms with Crippen molar-refractivity contribution in [2.75, 3.05) is 31.3 Å². The Kier molecular flexibility index (Phi) is 15.0. The molecule has 1 aromatic heterocycles.